The summed E-state index contributed by atoms with van der Waals surface area (Å²) in [6.45, 7) is 2.21. The Morgan fingerprint density at radius 2 is 0.821 bits per heavy atom. The highest BCUT2D eigenvalue weighted by Gasteiger charge is 2.02. The zero-order valence-electron chi connectivity index (χ0n) is 19.1. The maximum atomic E-state index is 11.8. The molecule has 0 aliphatic heterocycles. The number of unbranched alkanes of at least 4 members (excludes halogenated alkanes) is 16. The molecule has 0 atom stereocenters. The van der Waals surface area contributed by atoms with Gasteiger partial charge in [-0.15, -0.1) is 0 Å². The molecule has 0 unspecified atom stereocenters. The summed E-state index contributed by atoms with van der Waals surface area (Å²) in [4.78, 5) is 22.8. The lowest BCUT2D eigenvalue weighted by molar-refractivity contribution is -0.140. The van der Waals surface area contributed by atoms with Crippen molar-refractivity contribution in [3.05, 3.63) is 0 Å². The van der Waals surface area contributed by atoms with Crippen LogP contribution in [0.2, 0.25) is 0 Å². The molecule has 0 radical (unpaired) electrons. The molecule has 0 N–H and O–H groups in total. The van der Waals surface area contributed by atoms with Crippen LogP contribution in [-0.4, -0.2) is 18.9 Å². The molecule has 0 aromatic carbocycles. The van der Waals surface area contributed by atoms with Crippen molar-refractivity contribution >= 4 is 11.8 Å². The van der Waals surface area contributed by atoms with Crippen molar-refractivity contribution in [1.82, 2.24) is 0 Å². The Morgan fingerprint density at radius 3 is 1.18 bits per heavy atom. The number of ketones is 1. The third kappa shape index (κ3) is 21.4. The van der Waals surface area contributed by atoms with E-state index in [2.05, 4.69) is 11.7 Å². The van der Waals surface area contributed by atoms with Gasteiger partial charge in [0, 0.05) is 19.3 Å². The van der Waals surface area contributed by atoms with Gasteiger partial charge in [0.2, 0.25) is 0 Å². The molecule has 0 amide bonds. The van der Waals surface area contributed by atoms with Crippen LogP contribution in [-0.2, 0) is 14.3 Å². The van der Waals surface area contributed by atoms with Crippen LogP contribution >= 0.6 is 0 Å². The number of methoxy groups -OCH3 is 1. The van der Waals surface area contributed by atoms with Crippen LogP contribution in [0.4, 0.5) is 0 Å². The van der Waals surface area contributed by atoms with Gasteiger partial charge in [-0.3, -0.25) is 9.59 Å². The van der Waals surface area contributed by atoms with E-state index < -0.39 is 0 Å². The van der Waals surface area contributed by atoms with Crippen LogP contribution in [0.3, 0.4) is 0 Å². The summed E-state index contributed by atoms with van der Waals surface area (Å²) < 4.78 is 4.65. The van der Waals surface area contributed by atoms with E-state index >= 15 is 0 Å². The zero-order valence-corrected chi connectivity index (χ0v) is 19.1. The molecule has 0 aliphatic carbocycles. The summed E-state index contributed by atoms with van der Waals surface area (Å²) in [6.07, 6.45) is 24.9. The fraction of sp³-hybridized carbons (Fsp3) is 0.920. The molecule has 0 heterocycles. The van der Waals surface area contributed by atoms with Crippen LogP contribution in [0, 0.1) is 0 Å². The predicted molar refractivity (Wildman–Crippen MR) is 120 cm³/mol. The largest absolute Gasteiger partial charge is 0.469 e. The van der Waals surface area contributed by atoms with Gasteiger partial charge >= 0.3 is 5.97 Å². The average Bonchev–Trinajstić information content (AvgIpc) is 2.70. The minimum Gasteiger partial charge on any atom is -0.469 e. The van der Waals surface area contributed by atoms with Crippen molar-refractivity contribution in [3.63, 3.8) is 0 Å². The summed E-state index contributed by atoms with van der Waals surface area (Å²) in [5, 5.41) is 0. The van der Waals surface area contributed by atoms with E-state index in [0.29, 0.717) is 12.2 Å². The Morgan fingerprint density at radius 1 is 0.500 bits per heavy atom. The van der Waals surface area contributed by atoms with Gasteiger partial charge in [0.25, 0.3) is 0 Å². The first-order valence-electron chi connectivity index (χ1n) is 12.3. The molecule has 0 aromatic heterocycles. The van der Waals surface area contributed by atoms with Gasteiger partial charge < -0.3 is 4.74 Å². The molecule has 0 aromatic rings. The van der Waals surface area contributed by atoms with E-state index in [9.17, 15) is 9.59 Å². The minimum absolute atomic E-state index is 0.0775. The van der Waals surface area contributed by atoms with E-state index in [1.165, 1.54) is 97.0 Å². The maximum absolute atomic E-state index is 11.8. The van der Waals surface area contributed by atoms with Crippen molar-refractivity contribution in [2.75, 3.05) is 7.11 Å². The number of hydrogen-bond donors (Lipinski definition) is 0. The van der Waals surface area contributed by atoms with Crippen molar-refractivity contribution in [2.24, 2.45) is 0 Å². The normalized spacial score (nSPS) is 10.9. The number of esters is 1. The lowest BCUT2D eigenvalue weighted by Gasteiger charge is -2.04. The van der Waals surface area contributed by atoms with Gasteiger partial charge in [-0.1, -0.05) is 103 Å². The van der Waals surface area contributed by atoms with Gasteiger partial charge in [-0.05, 0) is 19.3 Å². The fourth-order valence-corrected chi connectivity index (χ4v) is 3.69. The highest BCUT2D eigenvalue weighted by Crippen LogP contribution is 2.14. The number of carbonyl (C=O) groups excluding carboxylic acids is 2. The maximum Gasteiger partial charge on any atom is 0.305 e. The first-order valence-corrected chi connectivity index (χ1v) is 12.3. The van der Waals surface area contributed by atoms with Crippen molar-refractivity contribution < 1.29 is 14.3 Å². The number of ether oxygens (including phenoxy) is 1. The molecule has 28 heavy (non-hydrogen) atoms. The average molecular weight is 397 g/mol. The van der Waals surface area contributed by atoms with Gasteiger partial charge in [0.15, 0.2) is 0 Å². The fourth-order valence-electron chi connectivity index (χ4n) is 3.69. The lowest BCUT2D eigenvalue weighted by Crippen LogP contribution is -1.99. The molecule has 0 fully saturated rings. The monoisotopic (exact) mass is 396 g/mol. The molecule has 0 bridgehead atoms. The minimum atomic E-state index is -0.0775. The number of carbonyl (C=O) groups is 2. The summed E-state index contributed by atoms with van der Waals surface area (Å²) in [6, 6.07) is 0. The van der Waals surface area contributed by atoms with Crippen LogP contribution < -0.4 is 0 Å². The molecule has 166 valence electrons. The Balaban J connectivity index is 3.12. The zero-order chi connectivity index (χ0) is 20.7. The SMILES string of the molecule is CCCCCCC(=O)CCCCCCCCCCCCCCCCC(=O)OC. The highest BCUT2D eigenvalue weighted by atomic mass is 16.5. The van der Waals surface area contributed by atoms with E-state index in [1.807, 2.05) is 0 Å². The second-order valence-electron chi connectivity index (χ2n) is 8.38. The predicted octanol–water partition coefficient (Wildman–Crippen LogP) is 7.94. The third-order valence-corrected chi connectivity index (χ3v) is 5.62. The van der Waals surface area contributed by atoms with E-state index in [4.69, 9.17) is 0 Å². The Hall–Kier alpha value is -0.860. The molecule has 0 aliphatic rings. The van der Waals surface area contributed by atoms with Gasteiger partial charge in [0.1, 0.15) is 5.78 Å². The summed E-state index contributed by atoms with van der Waals surface area (Å²) in [7, 11) is 1.46. The van der Waals surface area contributed by atoms with Gasteiger partial charge in [0.05, 0.1) is 7.11 Å². The molecule has 0 saturated carbocycles. The Bertz CT molecular complexity index is 352. The van der Waals surface area contributed by atoms with Crippen molar-refractivity contribution in [3.8, 4) is 0 Å². The highest BCUT2D eigenvalue weighted by molar-refractivity contribution is 5.78. The second kappa shape index (κ2) is 22.4. The van der Waals surface area contributed by atoms with Crippen LogP contribution in [0.5, 0.6) is 0 Å². The number of Topliss-reactive ketones (excluding diaryl/α,β-unsaturated/α-hetero) is 1. The molecular formula is C25H48O3. The standard InChI is InChI=1S/C25H48O3/c1-3-4-5-18-21-24(26)22-19-16-14-12-10-8-6-7-9-11-13-15-17-20-23-25(27)28-2/h3-23H2,1-2H3. The topological polar surface area (TPSA) is 43.4 Å². The van der Waals surface area contributed by atoms with E-state index in [1.54, 1.807) is 0 Å². The molecular weight excluding hydrogens is 348 g/mol. The molecule has 0 spiro atoms. The van der Waals surface area contributed by atoms with Crippen LogP contribution in [0.15, 0.2) is 0 Å². The molecule has 3 heteroatoms. The van der Waals surface area contributed by atoms with E-state index in [0.717, 1.165) is 38.5 Å². The van der Waals surface area contributed by atoms with Crippen molar-refractivity contribution in [2.45, 2.75) is 142 Å². The summed E-state index contributed by atoms with van der Waals surface area (Å²) in [5.74, 6) is 0.408. The summed E-state index contributed by atoms with van der Waals surface area (Å²) >= 11 is 0. The Kier molecular flexibility index (Phi) is 21.7. The quantitative estimate of drug-likeness (QED) is 0.138. The Labute approximate surface area is 175 Å². The third-order valence-electron chi connectivity index (χ3n) is 5.62. The van der Waals surface area contributed by atoms with Gasteiger partial charge in [-0.2, -0.15) is 0 Å². The summed E-state index contributed by atoms with van der Waals surface area (Å²) in [5.41, 5.74) is 0. The number of hydrogen-bond acceptors (Lipinski definition) is 3. The van der Waals surface area contributed by atoms with Crippen LogP contribution in [0.1, 0.15) is 142 Å². The molecule has 0 saturated heterocycles. The number of rotatable bonds is 22. The second-order valence-corrected chi connectivity index (χ2v) is 8.38. The lowest BCUT2D eigenvalue weighted by atomic mass is 10.0. The van der Waals surface area contributed by atoms with Gasteiger partial charge in [-0.25, -0.2) is 0 Å². The first-order chi connectivity index (χ1) is 13.7. The van der Waals surface area contributed by atoms with E-state index in [-0.39, 0.29) is 5.97 Å². The van der Waals surface area contributed by atoms with Crippen LogP contribution in [0.25, 0.3) is 0 Å². The smallest absolute Gasteiger partial charge is 0.305 e. The molecule has 0 rings (SSSR count). The first kappa shape index (κ1) is 27.1. The molecule has 3 nitrogen and oxygen atoms in total. The van der Waals surface area contributed by atoms with Crippen molar-refractivity contribution in [1.29, 1.82) is 0 Å².